The van der Waals surface area contributed by atoms with Crippen molar-refractivity contribution in [2.24, 2.45) is 17.4 Å². The van der Waals surface area contributed by atoms with E-state index >= 15 is 0 Å². The summed E-state index contributed by atoms with van der Waals surface area (Å²) in [4.78, 5) is 64.6. The number of carboxylic acids is 1. The van der Waals surface area contributed by atoms with E-state index in [1.165, 1.54) is 0 Å². The molecule has 0 fully saturated rings. The van der Waals surface area contributed by atoms with Gasteiger partial charge >= 0.3 is 5.97 Å². The van der Waals surface area contributed by atoms with E-state index in [0.29, 0.717) is 12.0 Å². The Hall–Kier alpha value is -3.97. The third kappa shape index (κ3) is 8.28. The zero-order chi connectivity index (χ0) is 28.4. The van der Waals surface area contributed by atoms with E-state index in [9.17, 15) is 34.2 Å². The number of primary amides is 1. The Morgan fingerprint density at radius 2 is 1.66 bits per heavy atom. The first kappa shape index (κ1) is 30.3. The van der Waals surface area contributed by atoms with E-state index in [1.807, 2.05) is 31.2 Å². The highest BCUT2D eigenvalue weighted by Crippen LogP contribution is 2.19. The lowest BCUT2D eigenvalue weighted by Gasteiger charge is -2.28. The smallest absolute Gasteiger partial charge is 0.328 e. The summed E-state index contributed by atoms with van der Waals surface area (Å²) in [7, 11) is 0. The molecule has 4 amide bonds. The Morgan fingerprint density at radius 1 is 1.00 bits per heavy atom. The third-order valence-electron chi connectivity index (χ3n) is 6.36. The Labute approximate surface area is 219 Å². The van der Waals surface area contributed by atoms with E-state index in [1.54, 1.807) is 13.1 Å². The quantitative estimate of drug-likeness (QED) is 0.140. The monoisotopic (exact) mass is 532 g/mol. The summed E-state index contributed by atoms with van der Waals surface area (Å²) >= 11 is 0. The van der Waals surface area contributed by atoms with Gasteiger partial charge in [0, 0.05) is 29.9 Å². The average molecular weight is 533 g/mol. The van der Waals surface area contributed by atoms with Crippen molar-refractivity contribution in [2.45, 2.75) is 63.7 Å². The molecular weight excluding hydrogens is 496 g/mol. The van der Waals surface area contributed by atoms with Crippen molar-refractivity contribution in [1.82, 2.24) is 20.9 Å². The van der Waals surface area contributed by atoms with Crippen LogP contribution < -0.4 is 27.4 Å². The number of hydrogen-bond acceptors (Lipinski definition) is 7. The fraction of sp³-hybridized carbons (Fsp3) is 0.480. The van der Waals surface area contributed by atoms with Crippen molar-refractivity contribution in [3.05, 3.63) is 36.0 Å². The molecule has 38 heavy (non-hydrogen) atoms. The van der Waals surface area contributed by atoms with Gasteiger partial charge in [0.15, 0.2) is 0 Å². The van der Waals surface area contributed by atoms with Crippen molar-refractivity contribution >= 4 is 40.5 Å². The first-order chi connectivity index (χ1) is 18.0. The number of fused-ring (bicyclic) bond motifs is 1. The number of carbonyl (C=O) groups excluding carboxylic acids is 4. The molecule has 13 heteroatoms. The van der Waals surface area contributed by atoms with E-state index in [2.05, 4.69) is 20.9 Å². The van der Waals surface area contributed by atoms with Gasteiger partial charge in [-0.2, -0.15) is 0 Å². The SMILES string of the molecule is CCC(C)C(NC(=O)C(N)CCC(N)=O)C(=O)NC(Cc1c[nH]c2ccccc12)C(=O)NC(CO)C(=O)O. The molecule has 208 valence electrons. The Morgan fingerprint density at radius 3 is 2.26 bits per heavy atom. The molecule has 0 aliphatic rings. The molecule has 10 N–H and O–H groups in total. The topological polar surface area (TPSA) is 230 Å². The molecule has 0 saturated heterocycles. The molecule has 5 unspecified atom stereocenters. The molecule has 1 aromatic heterocycles. The number of amides is 4. The van der Waals surface area contributed by atoms with Crippen molar-refractivity contribution in [2.75, 3.05) is 6.61 Å². The Bertz CT molecular complexity index is 1150. The second kappa shape index (κ2) is 14.1. The number of carbonyl (C=O) groups is 5. The van der Waals surface area contributed by atoms with Gasteiger partial charge in [0.05, 0.1) is 12.6 Å². The van der Waals surface area contributed by atoms with Gasteiger partial charge in [-0.25, -0.2) is 4.79 Å². The molecule has 0 saturated carbocycles. The lowest BCUT2D eigenvalue weighted by Crippen LogP contribution is -2.59. The largest absolute Gasteiger partial charge is 0.480 e. The van der Waals surface area contributed by atoms with Gasteiger partial charge in [-0.1, -0.05) is 38.5 Å². The van der Waals surface area contributed by atoms with Gasteiger partial charge in [-0.3, -0.25) is 19.2 Å². The van der Waals surface area contributed by atoms with Gasteiger partial charge < -0.3 is 42.6 Å². The predicted octanol–water partition coefficient (Wildman–Crippen LogP) is -1.12. The molecule has 13 nitrogen and oxygen atoms in total. The van der Waals surface area contributed by atoms with Crippen LogP contribution in [0.1, 0.15) is 38.7 Å². The summed E-state index contributed by atoms with van der Waals surface area (Å²) in [6.45, 7) is 2.71. The van der Waals surface area contributed by atoms with Gasteiger partial charge in [0.25, 0.3) is 0 Å². The number of benzene rings is 1. The normalized spacial score (nSPS) is 15.1. The zero-order valence-electron chi connectivity index (χ0n) is 21.4. The van der Waals surface area contributed by atoms with E-state index in [4.69, 9.17) is 11.5 Å². The number of nitrogens with two attached hydrogens (primary N) is 2. The van der Waals surface area contributed by atoms with Crippen LogP contribution in [0.4, 0.5) is 0 Å². The fourth-order valence-electron chi connectivity index (χ4n) is 3.84. The first-order valence-corrected chi connectivity index (χ1v) is 12.3. The number of aliphatic carboxylic acids is 1. The van der Waals surface area contributed by atoms with Crippen LogP contribution in [-0.2, 0) is 30.4 Å². The third-order valence-corrected chi connectivity index (χ3v) is 6.36. The second-order valence-electron chi connectivity index (χ2n) is 9.19. The number of hydrogen-bond donors (Lipinski definition) is 8. The highest BCUT2D eigenvalue weighted by molar-refractivity contribution is 5.95. The maximum Gasteiger partial charge on any atom is 0.328 e. The van der Waals surface area contributed by atoms with Crippen molar-refractivity contribution in [3.8, 4) is 0 Å². The standard InChI is InChI=1S/C25H36N6O7/c1-3-13(2)21(31-22(34)16(26)8-9-20(27)33)24(36)29-18(23(35)30-19(12-32)25(37)38)10-14-11-28-17-7-5-4-6-15(14)17/h4-7,11,13,16,18-19,21,28,32H,3,8-10,12,26H2,1-2H3,(H2,27,33)(H,29,36)(H,30,35)(H,31,34)(H,37,38). The average Bonchev–Trinajstić information content (AvgIpc) is 3.30. The number of aliphatic hydroxyl groups is 1. The number of carboxylic acid groups (broad SMARTS) is 1. The number of rotatable bonds is 15. The van der Waals surface area contributed by atoms with Crippen LogP contribution in [0.15, 0.2) is 30.5 Å². The summed E-state index contributed by atoms with van der Waals surface area (Å²) in [5.41, 5.74) is 12.5. The summed E-state index contributed by atoms with van der Waals surface area (Å²) in [5, 5.41) is 26.9. The molecule has 0 aliphatic heterocycles. The van der Waals surface area contributed by atoms with Crippen LogP contribution >= 0.6 is 0 Å². The molecule has 1 heterocycles. The van der Waals surface area contributed by atoms with E-state index < -0.39 is 60.4 Å². The molecule has 0 spiro atoms. The predicted molar refractivity (Wildman–Crippen MR) is 138 cm³/mol. The maximum atomic E-state index is 13.4. The lowest BCUT2D eigenvalue weighted by molar-refractivity contribution is -0.143. The zero-order valence-corrected chi connectivity index (χ0v) is 21.4. The number of para-hydroxylation sites is 1. The fourth-order valence-corrected chi connectivity index (χ4v) is 3.84. The molecule has 2 aromatic rings. The van der Waals surface area contributed by atoms with Gasteiger partial charge in [-0.05, 0) is 24.0 Å². The van der Waals surface area contributed by atoms with E-state index in [-0.39, 0.29) is 25.2 Å². The summed E-state index contributed by atoms with van der Waals surface area (Å²) in [5.74, 6) is -4.56. The summed E-state index contributed by atoms with van der Waals surface area (Å²) < 4.78 is 0. The lowest BCUT2D eigenvalue weighted by atomic mass is 9.96. The highest BCUT2D eigenvalue weighted by Gasteiger charge is 2.33. The van der Waals surface area contributed by atoms with Crippen LogP contribution in [0.5, 0.6) is 0 Å². The number of aromatic amines is 1. The Balaban J connectivity index is 2.29. The summed E-state index contributed by atoms with van der Waals surface area (Å²) in [6, 6.07) is 2.37. The van der Waals surface area contributed by atoms with Crippen LogP contribution in [0, 0.1) is 5.92 Å². The van der Waals surface area contributed by atoms with Crippen LogP contribution in [0.2, 0.25) is 0 Å². The molecule has 0 aliphatic carbocycles. The second-order valence-corrected chi connectivity index (χ2v) is 9.19. The van der Waals surface area contributed by atoms with Crippen LogP contribution in [0.25, 0.3) is 10.9 Å². The van der Waals surface area contributed by atoms with Crippen molar-refractivity contribution < 1.29 is 34.2 Å². The molecule has 0 bridgehead atoms. The van der Waals surface area contributed by atoms with Gasteiger partial charge in [0.1, 0.15) is 18.1 Å². The number of H-pyrrole nitrogens is 1. The van der Waals surface area contributed by atoms with Crippen LogP contribution in [-0.4, -0.2) is 75.6 Å². The minimum absolute atomic E-state index is 0.000652. The van der Waals surface area contributed by atoms with Gasteiger partial charge in [-0.15, -0.1) is 0 Å². The minimum Gasteiger partial charge on any atom is -0.480 e. The number of aromatic nitrogens is 1. The van der Waals surface area contributed by atoms with Crippen molar-refractivity contribution in [1.29, 1.82) is 0 Å². The first-order valence-electron chi connectivity index (χ1n) is 12.3. The molecule has 5 atom stereocenters. The number of nitrogens with one attached hydrogen (secondary N) is 4. The van der Waals surface area contributed by atoms with Crippen molar-refractivity contribution in [3.63, 3.8) is 0 Å². The highest BCUT2D eigenvalue weighted by atomic mass is 16.4. The maximum absolute atomic E-state index is 13.4. The Kier molecular flexibility index (Phi) is 11.2. The number of aliphatic hydroxyl groups excluding tert-OH is 1. The minimum atomic E-state index is -1.57. The molecule has 2 rings (SSSR count). The van der Waals surface area contributed by atoms with E-state index in [0.717, 1.165) is 10.9 Å². The molecular formula is C25H36N6O7. The molecule has 0 radical (unpaired) electrons. The van der Waals surface area contributed by atoms with Gasteiger partial charge in [0.2, 0.25) is 23.6 Å². The molecule has 1 aromatic carbocycles. The van der Waals surface area contributed by atoms with Crippen LogP contribution in [0.3, 0.4) is 0 Å². The summed E-state index contributed by atoms with van der Waals surface area (Å²) in [6.07, 6.45) is 2.08.